The van der Waals surface area contributed by atoms with Gasteiger partial charge in [0.05, 0.1) is 5.92 Å². The smallest absolute Gasteiger partial charge is 0.300 e. The first-order valence-electron chi connectivity index (χ1n) is 7.26. The van der Waals surface area contributed by atoms with Gasteiger partial charge in [0.1, 0.15) is 0 Å². The van der Waals surface area contributed by atoms with Crippen LogP contribution in [0.2, 0.25) is 0 Å². The summed E-state index contributed by atoms with van der Waals surface area (Å²) in [6, 6.07) is 18.0. The Balaban J connectivity index is 1.89. The molecule has 0 saturated heterocycles. The van der Waals surface area contributed by atoms with Crippen molar-refractivity contribution in [2.24, 2.45) is 0 Å². The Morgan fingerprint density at radius 2 is 1.44 bits per heavy atom. The van der Waals surface area contributed by atoms with E-state index in [9.17, 15) is 18.0 Å². The number of carbonyl (C=O) groups is 1. The second-order valence-corrected chi connectivity index (χ2v) is 6.13. The summed E-state index contributed by atoms with van der Waals surface area (Å²) in [5.41, 5.74) is 1.46. The maximum absolute atomic E-state index is 12.7. The fourth-order valence-corrected chi connectivity index (χ4v) is 2.97. The van der Waals surface area contributed by atoms with Gasteiger partial charge in [0.25, 0.3) is 0 Å². The third-order valence-electron chi connectivity index (χ3n) is 3.43. The molecule has 1 heterocycles. The van der Waals surface area contributed by atoms with E-state index in [1.165, 1.54) is 0 Å². The molecule has 0 radical (unpaired) electrons. The quantitative estimate of drug-likeness (QED) is 0.751. The summed E-state index contributed by atoms with van der Waals surface area (Å²) in [5, 5.41) is 7.64. The summed E-state index contributed by atoms with van der Waals surface area (Å²) in [7, 11) is 0. The number of hydrogen-bond acceptors (Lipinski definition) is 4. The Morgan fingerprint density at radius 1 is 0.920 bits per heavy atom. The van der Waals surface area contributed by atoms with Crippen LogP contribution in [0.1, 0.15) is 22.1 Å². The van der Waals surface area contributed by atoms with Crippen LogP contribution in [0.3, 0.4) is 0 Å². The van der Waals surface area contributed by atoms with Crippen molar-refractivity contribution in [2.75, 3.05) is 5.32 Å². The van der Waals surface area contributed by atoms with Gasteiger partial charge < -0.3 is 0 Å². The molecule has 8 heteroatoms. The molecule has 4 nitrogen and oxygen atoms in total. The van der Waals surface area contributed by atoms with Gasteiger partial charge in [-0.2, -0.15) is 13.2 Å². The molecule has 0 spiro atoms. The van der Waals surface area contributed by atoms with E-state index in [-0.39, 0.29) is 5.13 Å². The molecule has 0 atom stereocenters. The minimum absolute atomic E-state index is 0.186. The zero-order chi connectivity index (χ0) is 17.9. The van der Waals surface area contributed by atoms with Crippen molar-refractivity contribution >= 4 is 22.4 Å². The summed E-state index contributed by atoms with van der Waals surface area (Å²) in [4.78, 5) is 12.7. The van der Waals surface area contributed by atoms with Crippen LogP contribution in [0.4, 0.5) is 18.3 Å². The second-order valence-electron chi connectivity index (χ2n) is 5.15. The molecule has 0 fully saturated rings. The first-order chi connectivity index (χ1) is 11.9. The maximum atomic E-state index is 12.7. The number of alkyl halides is 3. The second kappa shape index (κ2) is 7.02. The number of benzene rings is 2. The van der Waals surface area contributed by atoms with E-state index in [1.54, 1.807) is 48.5 Å². The maximum Gasteiger partial charge on any atom is 0.445 e. The lowest BCUT2D eigenvalue weighted by molar-refractivity contribution is -0.138. The van der Waals surface area contributed by atoms with Crippen molar-refractivity contribution in [1.29, 1.82) is 0 Å². The highest BCUT2D eigenvalue weighted by Crippen LogP contribution is 2.34. The molecule has 2 aromatic carbocycles. The van der Waals surface area contributed by atoms with Crippen LogP contribution in [0.15, 0.2) is 60.7 Å². The summed E-state index contributed by atoms with van der Waals surface area (Å²) < 4.78 is 37.9. The summed E-state index contributed by atoms with van der Waals surface area (Å²) in [5.74, 6) is -1.14. The topological polar surface area (TPSA) is 54.9 Å². The van der Waals surface area contributed by atoms with Gasteiger partial charge in [-0.3, -0.25) is 10.1 Å². The number of hydrogen-bond donors (Lipinski definition) is 1. The molecule has 1 aromatic heterocycles. The first-order valence-corrected chi connectivity index (χ1v) is 8.08. The van der Waals surface area contributed by atoms with Gasteiger partial charge in [0.2, 0.25) is 16.0 Å². The summed E-state index contributed by atoms with van der Waals surface area (Å²) in [6.45, 7) is 0. The van der Waals surface area contributed by atoms with Gasteiger partial charge in [0, 0.05) is 0 Å². The molecule has 0 aliphatic heterocycles. The molecular weight excluding hydrogens is 351 g/mol. The minimum atomic E-state index is -4.58. The summed E-state index contributed by atoms with van der Waals surface area (Å²) in [6.07, 6.45) is -4.58. The number of halogens is 3. The lowest BCUT2D eigenvalue weighted by atomic mass is 9.90. The number of nitrogens with one attached hydrogen (secondary N) is 1. The fraction of sp³-hybridized carbons (Fsp3) is 0.118. The molecule has 0 aliphatic rings. The summed E-state index contributed by atoms with van der Waals surface area (Å²) >= 11 is 0.297. The molecule has 0 aliphatic carbocycles. The highest BCUT2D eigenvalue weighted by atomic mass is 32.1. The highest BCUT2D eigenvalue weighted by Gasteiger charge is 2.36. The lowest BCUT2D eigenvalue weighted by Crippen LogP contribution is -2.22. The highest BCUT2D eigenvalue weighted by molar-refractivity contribution is 7.15. The van der Waals surface area contributed by atoms with Crippen molar-refractivity contribution in [2.45, 2.75) is 12.1 Å². The predicted molar refractivity (Wildman–Crippen MR) is 88.3 cm³/mol. The average Bonchev–Trinajstić information content (AvgIpc) is 3.06. The first kappa shape index (κ1) is 17.1. The molecule has 0 saturated carbocycles. The molecule has 0 bridgehead atoms. The fourth-order valence-electron chi connectivity index (χ4n) is 2.35. The van der Waals surface area contributed by atoms with E-state index < -0.39 is 23.0 Å². The Morgan fingerprint density at radius 3 is 1.88 bits per heavy atom. The minimum Gasteiger partial charge on any atom is -0.300 e. The Kier molecular flexibility index (Phi) is 4.80. The number of aromatic nitrogens is 2. The van der Waals surface area contributed by atoms with E-state index in [1.807, 2.05) is 12.1 Å². The standard InChI is InChI=1S/C17H12F3N3OS/c18-17(19,20)15-22-23-16(25-15)21-14(24)13(11-7-3-1-4-8-11)12-9-5-2-6-10-12/h1-10,13H,(H,21,23,24). The Labute approximate surface area is 145 Å². The third kappa shape index (κ3) is 4.03. The van der Waals surface area contributed by atoms with E-state index in [2.05, 4.69) is 15.5 Å². The molecule has 1 amide bonds. The van der Waals surface area contributed by atoms with Crippen LogP contribution in [0, 0.1) is 0 Å². The average molecular weight is 363 g/mol. The predicted octanol–water partition coefficient (Wildman–Crippen LogP) is 4.33. The van der Waals surface area contributed by atoms with E-state index in [4.69, 9.17) is 0 Å². The normalized spacial score (nSPS) is 11.5. The number of nitrogens with zero attached hydrogens (tertiary/aromatic N) is 2. The lowest BCUT2D eigenvalue weighted by Gasteiger charge is -2.16. The van der Waals surface area contributed by atoms with Crippen molar-refractivity contribution in [3.63, 3.8) is 0 Å². The molecule has 1 N–H and O–H groups in total. The van der Waals surface area contributed by atoms with Crippen LogP contribution in [-0.2, 0) is 11.0 Å². The number of carbonyl (C=O) groups excluding carboxylic acids is 1. The Hall–Kier alpha value is -2.74. The molecule has 3 aromatic rings. The van der Waals surface area contributed by atoms with Gasteiger partial charge in [0.15, 0.2) is 0 Å². The van der Waals surface area contributed by atoms with Gasteiger partial charge in [-0.25, -0.2) is 0 Å². The zero-order valence-corrected chi connectivity index (χ0v) is 13.5. The van der Waals surface area contributed by atoms with Crippen LogP contribution in [0.25, 0.3) is 0 Å². The van der Waals surface area contributed by atoms with Crippen LogP contribution >= 0.6 is 11.3 Å². The molecular formula is C17H12F3N3OS. The van der Waals surface area contributed by atoms with Gasteiger partial charge in [-0.1, -0.05) is 72.0 Å². The van der Waals surface area contributed by atoms with E-state index >= 15 is 0 Å². The zero-order valence-electron chi connectivity index (χ0n) is 12.7. The van der Waals surface area contributed by atoms with Gasteiger partial charge in [-0.05, 0) is 11.1 Å². The molecule has 0 unspecified atom stereocenters. The molecule has 25 heavy (non-hydrogen) atoms. The SMILES string of the molecule is O=C(Nc1nnc(C(F)(F)F)s1)C(c1ccccc1)c1ccccc1. The van der Waals surface area contributed by atoms with Crippen molar-refractivity contribution in [1.82, 2.24) is 10.2 Å². The van der Waals surface area contributed by atoms with Crippen molar-refractivity contribution in [3.05, 3.63) is 76.8 Å². The van der Waals surface area contributed by atoms with Gasteiger partial charge in [-0.15, -0.1) is 10.2 Å². The van der Waals surface area contributed by atoms with E-state index in [0.29, 0.717) is 11.3 Å². The number of amides is 1. The van der Waals surface area contributed by atoms with Crippen molar-refractivity contribution in [3.8, 4) is 0 Å². The molecule has 3 rings (SSSR count). The largest absolute Gasteiger partial charge is 0.445 e. The van der Waals surface area contributed by atoms with Crippen LogP contribution < -0.4 is 5.32 Å². The van der Waals surface area contributed by atoms with Crippen molar-refractivity contribution < 1.29 is 18.0 Å². The van der Waals surface area contributed by atoms with Crippen LogP contribution in [-0.4, -0.2) is 16.1 Å². The number of rotatable bonds is 4. The molecule has 128 valence electrons. The van der Waals surface area contributed by atoms with Gasteiger partial charge >= 0.3 is 6.18 Å². The third-order valence-corrected chi connectivity index (χ3v) is 4.31. The number of anilines is 1. The monoisotopic (exact) mass is 363 g/mol. The van der Waals surface area contributed by atoms with Crippen LogP contribution in [0.5, 0.6) is 0 Å². The Bertz CT molecular complexity index is 811. The van der Waals surface area contributed by atoms with E-state index in [0.717, 1.165) is 11.1 Å².